The van der Waals surface area contributed by atoms with Gasteiger partial charge in [0.15, 0.2) is 16.6 Å². The number of fused-ring (bicyclic) bond motifs is 1. The van der Waals surface area contributed by atoms with Crippen molar-refractivity contribution in [2.24, 2.45) is 0 Å². The number of halogens is 2. The number of ether oxygens (including phenoxy) is 1. The summed E-state index contributed by atoms with van der Waals surface area (Å²) in [6.45, 7) is 4.03. The highest BCUT2D eigenvalue weighted by Gasteiger charge is 2.20. The summed E-state index contributed by atoms with van der Waals surface area (Å²) in [7, 11) is 1.59. The van der Waals surface area contributed by atoms with E-state index in [0.29, 0.717) is 45.7 Å². The minimum atomic E-state index is -0.320. The normalized spacial score (nSPS) is 12.1. The Kier molecular flexibility index (Phi) is 7.97. The Hall–Kier alpha value is -3.34. The molecule has 0 fully saturated rings. The van der Waals surface area contributed by atoms with Crippen molar-refractivity contribution < 1.29 is 14.3 Å². The van der Waals surface area contributed by atoms with Crippen molar-refractivity contribution in [2.75, 3.05) is 7.11 Å². The number of nitrogens with zero attached hydrogens (tertiary/aromatic N) is 6. The summed E-state index contributed by atoms with van der Waals surface area (Å²) in [5, 5.41) is 12.0. The molecule has 0 saturated heterocycles. The molecule has 36 heavy (non-hydrogen) atoms. The molecule has 0 saturated carbocycles. The third-order valence-electron chi connectivity index (χ3n) is 5.64. The summed E-state index contributed by atoms with van der Waals surface area (Å²) in [6, 6.07) is 3.35. The van der Waals surface area contributed by atoms with E-state index >= 15 is 0 Å². The quantitative estimate of drug-likeness (QED) is 0.332. The fourth-order valence-electron chi connectivity index (χ4n) is 3.77. The number of ketones is 1. The number of carbonyl (C=O) groups is 2. The van der Waals surface area contributed by atoms with Crippen LogP contribution in [0.25, 0.3) is 11.5 Å². The van der Waals surface area contributed by atoms with Crippen LogP contribution in [-0.2, 0) is 33.7 Å². The lowest BCUT2D eigenvalue weighted by atomic mass is 10.0. The summed E-state index contributed by atoms with van der Waals surface area (Å²) in [5.74, 6) is 0.348. The molecule has 0 aromatic carbocycles. The fourth-order valence-corrected chi connectivity index (χ4v) is 4.22. The van der Waals surface area contributed by atoms with Gasteiger partial charge in [-0.3, -0.25) is 9.59 Å². The van der Waals surface area contributed by atoms with Crippen LogP contribution in [0.4, 0.5) is 0 Å². The number of Topliss-reactive ketones (excluding diaryl/α,β-unsaturated/α-hetero) is 1. The Bertz CT molecular complexity index is 1420. The van der Waals surface area contributed by atoms with E-state index < -0.39 is 0 Å². The molecule has 0 radical (unpaired) electrons. The molecule has 4 aromatic rings. The largest absolute Gasteiger partial charge is 0.375 e. The van der Waals surface area contributed by atoms with Gasteiger partial charge in [-0.05, 0) is 18.6 Å². The van der Waals surface area contributed by atoms with Crippen LogP contribution in [-0.4, -0.2) is 48.2 Å². The van der Waals surface area contributed by atoms with Gasteiger partial charge in [-0.1, -0.05) is 30.1 Å². The zero-order chi connectivity index (χ0) is 25.8. The molecule has 1 atom stereocenters. The highest BCUT2D eigenvalue weighted by Crippen LogP contribution is 2.24. The molecule has 4 heterocycles. The maximum atomic E-state index is 13.0. The van der Waals surface area contributed by atoms with Gasteiger partial charge >= 0.3 is 0 Å². The van der Waals surface area contributed by atoms with E-state index in [-0.39, 0.29) is 30.6 Å². The molecular formula is C24H25Cl2N7O3. The molecule has 4 aromatic heterocycles. The molecule has 0 bridgehead atoms. The van der Waals surface area contributed by atoms with Crippen molar-refractivity contribution in [1.82, 2.24) is 34.7 Å². The van der Waals surface area contributed by atoms with E-state index in [0.717, 1.165) is 11.3 Å². The van der Waals surface area contributed by atoms with Crippen molar-refractivity contribution in [3.63, 3.8) is 0 Å². The van der Waals surface area contributed by atoms with E-state index in [1.54, 1.807) is 55.5 Å². The van der Waals surface area contributed by atoms with E-state index in [1.807, 2.05) is 6.92 Å². The molecule has 0 unspecified atom stereocenters. The first kappa shape index (κ1) is 25.7. The standard InChI is InChI=1S/C24H25Cl2N7O3/c1-4-22(35)28-10-16-11-30-32(13-16)24-19(25)6-15(9-29-24)5-18(34)7-17-12-27-21-8-20(26)31-33(21)23(17)14(2)36-3/h6,8-9,11-14H,4-5,7,10H2,1-3H3,(H,28,35)/t14-/m0/s1. The molecule has 188 valence electrons. The number of methoxy groups -OCH3 is 1. The van der Waals surface area contributed by atoms with Crippen LogP contribution in [0.15, 0.2) is 36.9 Å². The highest BCUT2D eigenvalue weighted by atomic mass is 35.5. The second kappa shape index (κ2) is 11.2. The maximum absolute atomic E-state index is 13.0. The van der Waals surface area contributed by atoms with Gasteiger partial charge in [-0.25, -0.2) is 19.2 Å². The monoisotopic (exact) mass is 529 g/mol. The molecular weight excluding hydrogens is 505 g/mol. The summed E-state index contributed by atoms with van der Waals surface area (Å²) < 4.78 is 8.65. The number of hydrogen-bond donors (Lipinski definition) is 1. The first-order valence-electron chi connectivity index (χ1n) is 11.3. The lowest BCUT2D eigenvalue weighted by Crippen LogP contribution is -2.21. The zero-order valence-corrected chi connectivity index (χ0v) is 21.5. The van der Waals surface area contributed by atoms with Crippen LogP contribution in [0.2, 0.25) is 10.2 Å². The van der Waals surface area contributed by atoms with Gasteiger partial charge in [-0.2, -0.15) is 10.2 Å². The van der Waals surface area contributed by atoms with Gasteiger partial charge in [0.05, 0.1) is 23.0 Å². The van der Waals surface area contributed by atoms with Gasteiger partial charge < -0.3 is 10.1 Å². The van der Waals surface area contributed by atoms with E-state index in [1.165, 1.54) is 4.68 Å². The first-order valence-corrected chi connectivity index (χ1v) is 12.1. The van der Waals surface area contributed by atoms with Crippen LogP contribution in [0.3, 0.4) is 0 Å². The average Bonchev–Trinajstić information content (AvgIpc) is 3.47. The Balaban J connectivity index is 1.48. The molecule has 0 aliphatic heterocycles. The lowest BCUT2D eigenvalue weighted by Gasteiger charge is -2.16. The highest BCUT2D eigenvalue weighted by molar-refractivity contribution is 6.32. The molecule has 0 aliphatic carbocycles. The number of hydrogen-bond acceptors (Lipinski definition) is 7. The second-order valence-corrected chi connectivity index (χ2v) is 9.04. The smallest absolute Gasteiger partial charge is 0.219 e. The van der Waals surface area contributed by atoms with Gasteiger partial charge in [0.2, 0.25) is 5.91 Å². The average molecular weight is 530 g/mol. The van der Waals surface area contributed by atoms with Crippen LogP contribution >= 0.6 is 23.2 Å². The maximum Gasteiger partial charge on any atom is 0.219 e. The minimum Gasteiger partial charge on any atom is -0.375 e. The van der Waals surface area contributed by atoms with Gasteiger partial charge in [0.1, 0.15) is 5.78 Å². The third-order valence-corrected chi connectivity index (χ3v) is 6.10. The van der Waals surface area contributed by atoms with Gasteiger partial charge in [0.25, 0.3) is 0 Å². The number of carbonyl (C=O) groups excluding carboxylic acids is 2. The van der Waals surface area contributed by atoms with E-state index in [4.69, 9.17) is 27.9 Å². The molecule has 12 heteroatoms. The topological polar surface area (TPSA) is 116 Å². The van der Waals surface area contributed by atoms with Crippen molar-refractivity contribution in [3.05, 3.63) is 69.5 Å². The van der Waals surface area contributed by atoms with E-state index in [9.17, 15) is 9.59 Å². The number of aromatic nitrogens is 6. The molecule has 1 N–H and O–H groups in total. The van der Waals surface area contributed by atoms with Crippen molar-refractivity contribution in [2.45, 2.75) is 45.8 Å². The number of nitrogens with one attached hydrogen (secondary N) is 1. The van der Waals surface area contributed by atoms with Crippen molar-refractivity contribution in [1.29, 1.82) is 0 Å². The van der Waals surface area contributed by atoms with Crippen LogP contribution < -0.4 is 5.32 Å². The predicted molar refractivity (Wildman–Crippen MR) is 134 cm³/mol. The van der Waals surface area contributed by atoms with Crippen LogP contribution in [0.1, 0.15) is 48.8 Å². The summed E-state index contributed by atoms with van der Waals surface area (Å²) in [6.07, 6.45) is 7.01. The predicted octanol–water partition coefficient (Wildman–Crippen LogP) is 3.70. The fraction of sp³-hybridized carbons (Fsp3) is 0.333. The lowest BCUT2D eigenvalue weighted by molar-refractivity contribution is -0.121. The van der Waals surface area contributed by atoms with E-state index in [2.05, 4.69) is 25.5 Å². The van der Waals surface area contributed by atoms with Crippen LogP contribution in [0.5, 0.6) is 0 Å². The number of pyridine rings is 1. The third kappa shape index (κ3) is 5.72. The Morgan fingerprint density at radius 2 is 1.92 bits per heavy atom. The summed E-state index contributed by atoms with van der Waals surface area (Å²) in [4.78, 5) is 33.2. The summed E-state index contributed by atoms with van der Waals surface area (Å²) >= 11 is 12.5. The van der Waals surface area contributed by atoms with Crippen molar-refractivity contribution >= 4 is 40.5 Å². The molecule has 4 rings (SSSR count). The van der Waals surface area contributed by atoms with Gasteiger partial charge in [0, 0.05) is 68.7 Å². The number of rotatable bonds is 10. The van der Waals surface area contributed by atoms with Gasteiger partial charge in [-0.15, -0.1) is 0 Å². The van der Waals surface area contributed by atoms with Crippen molar-refractivity contribution in [3.8, 4) is 5.82 Å². The Morgan fingerprint density at radius 1 is 1.11 bits per heavy atom. The van der Waals surface area contributed by atoms with Crippen LogP contribution in [0, 0.1) is 0 Å². The number of amides is 1. The molecule has 1 amide bonds. The molecule has 0 aliphatic rings. The molecule has 10 nitrogen and oxygen atoms in total. The zero-order valence-electron chi connectivity index (χ0n) is 20.0. The molecule has 0 spiro atoms. The first-order chi connectivity index (χ1) is 17.3. The second-order valence-electron chi connectivity index (χ2n) is 8.25. The SMILES string of the molecule is CCC(=O)NCc1cnn(-c2ncc(CC(=O)Cc3cnc4cc(Cl)nn4c3[C@H](C)OC)cc2Cl)c1. The minimum absolute atomic E-state index is 0.0409. The summed E-state index contributed by atoms with van der Waals surface area (Å²) in [5.41, 5.74) is 3.50. The Labute approximate surface area is 217 Å². The Morgan fingerprint density at radius 3 is 2.64 bits per heavy atom.